The average Bonchev–Trinajstić information content (AvgIpc) is 3.90. The summed E-state index contributed by atoms with van der Waals surface area (Å²) in [6.07, 6.45) is 2.02. The van der Waals surface area contributed by atoms with Crippen molar-refractivity contribution in [2.24, 2.45) is 0 Å². The SMILES string of the molecule is C[Si](C)(C)c1ccc(-c2[c-]cccc2)nc1.Cc1nc2ccccc2c2ccc3c4cc[c-]c(-c5nc6ccccc6n5-c5c(C(C)C)cc(-c6ccccc6)cc5C(C)C)c4oc3c12.[Ir]. The van der Waals surface area contributed by atoms with Crippen LogP contribution in [0.5, 0.6) is 0 Å². The Morgan fingerprint density at radius 3 is 1.94 bits per heavy atom. The second-order valence-electron chi connectivity index (χ2n) is 18.7. The molecule has 0 unspecified atom stereocenters. The van der Waals surface area contributed by atoms with Gasteiger partial charge < -0.3 is 14.0 Å². The first-order chi connectivity index (χ1) is 31.5. The van der Waals surface area contributed by atoms with E-state index in [-0.39, 0.29) is 31.9 Å². The van der Waals surface area contributed by atoms with E-state index in [9.17, 15) is 0 Å². The number of aromatic nitrogens is 4. The number of rotatable bonds is 7. The Hall–Kier alpha value is -6.50. The smallest absolute Gasteiger partial charge is 0.130 e. The molecule has 0 N–H and O–H groups in total. The summed E-state index contributed by atoms with van der Waals surface area (Å²) in [5.41, 5.74) is 14.7. The van der Waals surface area contributed by atoms with E-state index in [0.29, 0.717) is 0 Å². The van der Waals surface area contributed by atoms with Crippen LogP contribution < -0.4 is 5.19 Å². The third-order valence-electron chi connectivity index (χ3n) is 12.6. The van der Waals surface area contributed by atoms with E-state index in [1.54, 1.807) is 0 Å². The second kappa shape index (κ2) is 18.1. The maximum atomic E-state index is 6.98. The summed E-state index contributed by atoms with van der Waals surface area (Å²) in [5, 5.41) is 6.83. The van der Waals surface area contributed by atoms with Crippen LogP contribution in [-0.4, -0.2) is 27.6 Å². The van der Waals surface area contributed by atoms with Gasteiger partial charge in [-0.2, -0.15) is 0 Å². The molecule has 66 heavy (non-hydrogen) atoms. The molecule has 11 aromatic rings. The Morgan fingerprint density at radius 1 is 0.591 bits per heavy atom. The first-order valence-electron chi connectivity index (χ1n) is 22.7. The van der Waals surface area contributed by atoms with Gasteiger partial charge in [-0.05, 0) is 87.6 Å². The van der Waals surface area contributed by atoms with Crippen LogP contribution in [0.1, 0.15) is 56.4 Å². The van der Waals surface area contributed by atoms with Gasteiger partial charge in [0.25, 0.3) is 0 Å². The predicted octanol–water partition coefficient (Wildman–Crippen LogP) is 15.4. The van der Waals surface area contributed by atoms with Crippen molar-refractivity contribution in [1.82, 2.24) is 19.5 Å². The summed E-state index contributed by atoms with van der Waals surface area (Å²) < 4.78 is 9.34. The second-order valence-corrected chi connectivity index (χ2v) is 23.8. The molecule has 5 nitrogen and oxygen atoms in total. The standard InChI is InChI=1S/C45H36N3O.C14H16NSi.Ir/c1-26(2)36-24-30(29-14-7-6-8-15-29)25-37(27(3)4)42(36)48-40-21-12-11-20-39(40)47-45(48)35-18-13-17-33-34-23-22-32-31-16-9-10-19-38(31)46-28(5)41(32)44(34)49-43(33)35;1-16(2,3)13-9-10-14(15-11-13)12-7-5-4-6-8-12;/h6-17,19-27H,1-5H3;4-7,9-11H,1-3H3;/q2*-1;. The molecule has 11 rings (SSSR count). The fraction of sp³-hybridized carbons (Fsp3) is 0.169. The Labute approximate surface area is 402 Å². The van der Waals surface area contributed by atoms with Gasteiger partial charge in [0.2, 0.25) is 0 Å². The van der Waals surface area contributed by atoms with Crippen LogP contribution in [0.25, 0.3) is 94.1 Å². The van der Waals surface area contributed by atoms with Crippen molar-refractivity contribution in [3.63, 3.8) is 0 Å². The molecule has 0 bridgehead atoms. The van der Waals surface area contributed by atoms with Crippen molar-refractivity contribution in [3.8, 4) is 39.5 Å². The van der Waals surface area contributed by atoms with E-state index in [2.05, 4.69) is 191 Å². The first kappa shape index (κ1) is 44.7. The normalized spacial score (nSPS) is 11.8. The van der Waals surface area contributed by atoms with E-state index >= 15 is 0 Å². The van der Waals surface area contributed by atoms with E-state index < -0.39 is 8.07 Å². The largest absolute Gasteiger partial charge is 0.500 e. The van der Waals surface area contributed by atoms with Crippen LogP contribution in [0.4, 0.5) is 0 Å². The predicted molar refractivity (Wildman–Crippen MR) is 275 cm³/mol. The van der Waals surface area contributed by atoms with Crippen molar-refractivity contribution < 1.29 is 24.5 Å². The number of imidazole rings is 1. The summed E-state index contributed by atoms with van der Waals surface area (Å²) in [5.74, 6) is 1.37. The summed E-state index contributed by atoms with van der Waals surface area (Å²) >= 11 is 0. The van der Waals surface area contributed by atoms with Crippen molar-refractivity contribution in [2.45, 2.75) is 66.1 Å². The first-order valence-corrected chi connectivity index (χ1v) is 26.2. The molecule has 7 aromatic carbocycles. The number of nitrogens with zero attached hydrogens (tertiary/aromatic N) is 4. The van der Waals surface area contributed by atoms with Gasteiger partial charge in [0.1, 0.15) is 5.58 Å². The minimum atomic E-state index is -1.23. The molecule has 7 heteroatoms. The molecule has 0 aliphatic carbocycles. The van der Waals surface area contributed by atoms with Gasteiger partial charge >= 0.3 is 0 Å². The number of furan rings is 1. The number of pyridine rings is 2. The maximum Gasteiger partial charge on any atom is 0.130 e. The zero-order chi connectivity index (χ0) is 45.0. The molecular weight excluding hydrogens is 1000 g/mol. The van der Waals surface area contributed by atoms with E-state index in [0.717, 1.165) is 83.0 Å². The van der Waals surface area contributed by atoms with Gasteiger partial charge in [0.15, 0.2) is 0 Å². The minimum absolute atomic E-state index is 0. The number of para-hydroxylation sites is 3. The number of benzene rings is 7. The Balaban J connectivity index is 0.000000273. The third kappa shape index (κ3) is 8.10. The molecule has 0 saturated carbocycles. The number of hydrogen-bond donors (Lipinski definition) is 0. The van der Waals surface area contributed by atoms with Gasteiger partial charge in [-0.1, -0.05) is 143 Å². The molecule has 0 amide bonds. The molecule has 0 saturated heterocycles. The summed E-state index contributed by atoms with van der Waals surface area (Å²) in [6, 6.07) is 59.8. The molecule has 329 valence electrons. The average molecular weight is 1050 g/mol. The molecule has 0 spiro atoms. The fourth-order valence-corrected chi connectivity index (χ4v) is 10.2. The van der Waals surface area contributed by atoms with Crippen LogP contribution in [0.15, 0.2) is 162 Å². The zero-order valence-electron chi connectivity index (χ0n) is 38.7. The molecule has 0 aliphatic rings. The van der Waals surface area contributed by atoms with Gasteiger partial charge in [-0.3, -0.25) is 9.97 Å². The molecule has 1 radical (unpaired) electrons. The summed E-state index contributed by atoms with van der Waals surface area (Å²) in [7, 11) is -1.23. The van der Waals surface area contributed by atoms with Gasteiger partial charge in [-0.15, -0.1) is 54.1 Å². The Kier molecular flexibility index (Phi) is 12.2. The van der Waals surface area contributed by atoms with Crippen LogP contribution in [-0.2, 0) is 20.1 Å². The van der Waals surface area contributed by atoms with Gasteiger partial charge in [-0.25, -0.2) is 0 Å². The molecule has 4 aromatic heterocycles. The van der Waals surface area contributed by atoms with Crippen molar-refractivity contribution in [2.75, 3.05) is 0 Å². The van der Waals surface area contributed by atoms with Crippen LogP contribution in [0, 0.1) is 19.1 Å². The van der Waals surface area contributed by atoms with Gasteiger partial charge in [0.05, 0.1) is 36.0 Å². The van der Waals surface area contributed by atoms with Crippen LogP contribution >= 0.6 is 0 Å². The monoisotopic (exact) mass is 1050 g/mol. The van der Waals surface area contributed by atoms with E-state index in [4.69, 9.17) is 14.4 Å². The molecular formula is C59H52IrN4OSi-2. The summed E-state index contributed by atoms with van der Waals surface area (Å²) in [4.78, 5) is 14.8. The van der Waals surface area contributed by atoms with Crippen molar-refractivity contribution >= 4 is 67.9 Å². The minimum Gasteiger partial charge on any atom is -0.500 e. The molecule has 0 aliphatic heterocycles. The summed E-state index contributed by atoms with van der Waals surface area (Å²) in [6.45, 7) is 18.2. The van der Waals surface area contributed by atoms with Crippen molar-refractivity contribution in [3.05, 3.63) is 187 Å². The quantitative estimate of drug-likeness (QED) is 0.0907. The third-order valence-corrected chi connectivity index (χ3v) is 14.6. The molecule has 4 heterocycles. The van der Waals surface area contributed by atoms with E-state index in [1.165, 1.54) is 33.1 Å². The number of aryl methyl sites for hydroxylation is 1. The Bertz CT molecular complexity index is 3500. The number of hydrogen-bond acceptors (Lipinski definition) is 4. The zero-order valence-corrected chi connectivity index (χ0v) is 42.1. The number of fused-ring (bicyclic) bond motifs is 8. The van der Waals surface area contributed by atoms with E-state index in [1.807, 2.05) is 42.6 Å². The topological polar surface area (TPSA) is 56.7 Å². The Morgan fingerprint density at radius 2 is 1.26 bits per heavy atom. The maximum absolute atomic E-state index is 6.98. The van der Waals surface area contributed by atoms with Crippen LogP contribution in [0.3, 0.4) is 0 Å². The van der Waals surface area contributed by atoms with Crippen molar-refractivity contribution in [1.29, 1.82) is 0 Å². The molecule has 0 fully saturated rings. The molecule has 0 atom stereocenters. The van der Waals surface area contributed by atoms with Gasteiger partial charge in [0, 0.05) is 53.8 Å². The van der Waals surface area contributed by atoms with Crippen LogP contribution in [0.2, 0.25) is 19.6 Å². The fourth-order valence-electron chi connectivity index (χ4n) is 9.18.